The quantitative estimate of drug-likeness (QED) is 0.555. The average molecular weight is 157 g/mol. The molecule has 11 heavy (non-hydrogen) atoms. The fraction of sp³-hybridized carbons (Fsp3) is 1.00. The Kier molecular flexibility index (Phi) is 3.30. The van der Waals surface area contributed by atoms with Crippen LogP contribution >= 0.6 is 0 Å². The Bertz CT molecular complexity index is 114. The molecule has 2 unspecified atom stereocenters. The number of hydrogen-bond donors (Lipinski definition) is 2. The molecule has 1 fully saturated rings. The first-order valence-electron chi connectivity index (χ1n) is 4.34. The van der Waals surface area contributed by atoms with Crippen LogP contribution in [0, 0.1) is 5.92 Å². The molecular formula is C8H19N3. The van der Waals surface area contributed by atoms with Crippen LogP contribution in [0.15, 0.2) is 0 Å². The molecule has 3 heteroatoms. The predicted octanol–water partition coefficient (Wildman–Crippen LogP) is 0.0506. The van der Waals surface area contributed by atoms with Gasteiger partial charge in [-0.15, -0.1) is 0 Å². The van der Waals surface area contributed by atoms with Gasteiger partial charge in [-0.1, -0.05) is 6.92 Å². The summed E-state index contributed by atoms with van der Waals surface area (Å²) in [4.78, 5) is 0. The van der Waals surface area contributed by atoms with Crippen molar-refractivity contribution in [3.63, 3.8) is 0 Å². The van der Waals surface area contributed by atoms with Crippen LogP contribution < -0.4 is 10.7 Å². The van der Waals surface area contributed by atoms with Crippen LogP contribution in [0.25, 0.3) is 0 Å². The highest BCUT2D eigenvalue weighted by Crippen LogP contribution is 2.09. The average Bonchev–Trinajstić information content (AvgIpc) is 1.93. The van der Waals surface area contributed by atoms with E-state index in [0.717, 1.165) is 19.0 Å². The summed E-state index contributed by atoms with van der Waals surface area (Å²) in [5, 5.41) is 5.43. The van der Waals surface area contributed by atoms with Crippen LogP contribution in [0.2, 0.25) is 0 Å². The van der Waals surface area contributed by atoms with Crippen LogP contribution in [-0.2, 0) is 0 Å². The largest absolute Gasteiger partial charge is 0.316 e. The molecule has 0 spiro atoms. The van der Waals surface area contributed by atoms with Crippen LogP contribution in [-0.4, -0.2) is 38.2 Å². The van der Waals surface area contributed by atoms with E-state index < -0.39 is 0 Å². The number of hydrazine groups is 1. The van der Waals surface area contributed by atoms with E-state index >= 15 is 0 Å². The fourth-order valence-electron chi connectivity index (χ4n) is 1.54. The molecule has 3 nitrogen and oxygen atoms in total. The summed E-state index contributed by atoms with van der Waals surface area (Å²) in [5.74, 6) is 0.742. The van der Waals surface area contributed by atoms with E-state index in [2.05, 4.69) is 31.8 Å². The second-order valence-electron chi connectivity index (χ2n) is 3.60. The molecule has 0 bridgehead atoms. The molecule has 0 aliphatic carbocycles. The second-order valence-corrected chi connectivity index (χ2v) is 3.60. The van der Waals surface area contributed by atoms with Crippen LogP contribution in [0.5, 0.6) is 0 Å². The third-order valence-corrected chi connectivity index (χ3v) is 2.21. The van der Waals surface area contributed by atoms with Crippen LogP contribution in [0.3, 0.4) is 0 Å². The van der Waals surface area contributed by atoms with Crippen molar-refractivity contribution in [3.8, 4) is 0 Å². The molecule has 1 aliphatic rings. The third-order valence-electron chi connectivity index (χ3n) is 2.21. The number of nitrogens with zero attached hydrogens (tertiary/aromatic N) is 1. The van der Waals surface area contributed by atoms with Crippen molar-refractivity contribution >= 4 is 0 Å². The zero-order chi connectivity index (χ0) is 8.27. The number of hydrogen-bond acceptors (Lipinski definition) is 3. The number of rotatable bonds is 2. The first-order chi connectivity index (χ1) is 5.20. The lowest BCUT2D eigenvalue weighted by Gasteiger charge is -2.32. The summed E-state index contributed by atoms with van der Waals surface area (Å²) in [6.45, 7) is 4.58. The third kappa shape index (κ3) is 2.77. The van der Waals surface area contributed by atoms with Gasteiger partial charge in [0.25, 0.3) is 0 Å². The maximum atomic E-state index is 3.42. The molecule has 0 aromatic rings. The normalized spacial score (nSPS) is 32.7. The molecule has 1 rings (SSSR count). The Balaban J connectivity index is 2.29. The van der Waals surface area contributed by atoms with Gasteiger partial charge in [-0.2, -0.15) is 0 Å². The number of piperidine rings is 1. The van der Waals surface area contributed by atoms with E-state index in [9.17, 15) is 0 Å². The maximum absolute atomic E-state index is 3.42. The van der Waals surface area contributed by atoms with E-state index in [1.165, 1.54) is 6.42 Å². The zero-order valence-electron chi connectivity index (χ0n) is 7.72. The Hall–Kier alpha value is -0.120. The minimum atomic E-state index is 0.659. The van der Waals surface area contributed by atoms with Crippen molar-refractivity contribution in [1.29, 1.82) is 0 Å². The lowest BCUT2D eigenvalue weighted by Crippen LogP contribution is -2.50. The minimum absolute atomic E-state index is 0.659. The van der Waals surface area contributed by atoms with Gasteiger partial charge in [-0.3, -0.25) is 10.4 Å². The maximum Gasteiger partial charge on any atom is 0.0264 e. The molecule has 2 atom stereocenters. The SMILES string of the molecule is CC1CNCCC1NN(C)C. The summed E-state index contributed by atoms with van der Waals surface area (Å²) < 4.78 is 0. The summed E-state index contributed by atoms with van der Waals surface area (Å²) in [5.41, 5.74) is 3.42. The summed E-state index contributed by atoms with van der Waals surface area (Å²) >= 11 is 0. The molecule has 1 saturated heterocycles. The summed E-state index contributed by atoms with van der Waals surface area (Å²) in [6.07, 6.45) is 1.24. The highest BCUT2D eigenvalue weighted by atomic mass is 15.5. The van der Waals surface area contributed by atoms with Gasteiger partial charge in [0.1, 0.15) is 0 Å². The zero-order valence-corrected chi connectivity index (χ0v) is 7.72. The van der Waals surface area contributed by atoms with E-state index in [4.69, 9.17) is 0 Å². The van der Waals surface area contributed by atoms with Crippen LogP contribution in [0.4, 0.5) is 0 Å². The summed E-state index contributed by atoms with van der Waals surface area (Å²) in [6, 6.07) is 0.659. The Labute approximate surface area is 69.1 Å². The summed E-state index contributed by atoms with van der Waals surface area (Å²) in [7, 11) is 4.10. The van der Waals surface area contributed by atoms with E-state index in [1.54, 1.807) is 0 Å². The van der Waals surface area contributed by atoms with Gasteiger partial charge in [-0.05, 0) is 25.4 Å². The number of nitrogens with one attached hydrogen (secondary N) is 2. The molecular weight excluding hydrogens is 138 g/mol. The predicted molar refractivity (Wildman–Crippen MR) is 47.3 cm³/mol. The van der Waals surface area contributed by atoms with Gasteiger partial charge < -0.3 is 5.32 Å². The highest BCUT2D eigenvalue weighted by Gasteiger charge is 2.20. The monoisotopic (exact) mass is 157 g/mol. The standard InChI is InChI=1S/C8H19N3/c1-7-6-9-5-4-8(7)10-11(2)3/h7-10H,4-6H2,1-3H3. The van der Waals surface area contributed by atoms with Gasteiger partial charge in [-0.25, -0.2) is 0 Å². The first kappa shape index (κ1) is 8.97. The second kappa shape index (κ2) is 4.04. The molecule has 0 saturated carbocycles. The van der Waals surface area contributed by atoms with Gasteiger partial charge in [0.15, 0.2) is 0 Å². The van der Waals surface area contributed by atoms with Crippen molar-refractivity contribution in [2.75, 3.05) is 27.2 Å². The molecule has 66 valence electrons. The van der Waals surface area contributed by atoms with Gasteiger partial charge >= 0.3 is 0 Å². The Morgan fingerprint density at radius 1 is 1.45 bits per heavy atom. The molecule has 0 amide bonds. The lowest BCUT2D eigenvalue weighted by atomic mass is 9.96. The van der Waals surface area contributed by atoms with Gasteiger partial charge in [0, 0.05) is 20.1 Å². The molecule has 0 aromatic carbocycles. The first-order valence-corrected chi connectivity index (χ1v) is 4.34. The van der Waals surface area contributed by atoms with Crippen LogP contribution in [0.1, 0.15) is 13.3 Å². The molecule has 2 N–H and O–H groups in total. The minimum Gasteiger partial charge on any atom is -0.316 e. The van der Waals surface area contributed by atoms with Crippen molar-refractivity contribution in [2.24, 2.45) is 5.92 Å². The highest BCUT2D eigenvalue weighted by molar-refractivity contribution is 4.78. The van der Waals surface area contributed by atoms with Crippen molar-refractivity contribution in [2.45, 2.75) is 19.4 Å². The van der Waals surface area contributed by atoms with Gasteiger partial charge in [0.2, 0.25) is 0 Å². The van der Waals surface area contributed by atoms with E-state index in [-0.39, 0.29) is 0 Å². The molecule has 0 aromatic heterocycles. The molecule has 1 aliphatic heterocycles. The molecule has 0 radical (unpaired) electrons. The van der Waals surface area contributed by atoms with Crippen molar-refractivity contribution < 1.29 is 0 Å². The Morgan fingerprint density at radius 3 is 2.73 bits per heavy atom. The van der Waals surface area contributed by atoms with E-state index in [1.807, 2.05) is 5.01 Å². The van der Waals surface area contributed by atoms with E-state index in [0.29, 0.717) is 6.04 Å². The fourth-order valence-corrected chi connectivity index (χ4v) is 1.54. The van der Waals surface area contributed by atoms with Gasteiger partial charge in [0.05, 0.1) is 0 Å². The smallest absolute Gasteiger partial charge is 0.0264 e. The van der Waals surface area contributed by atoms with Crippen molar-refractivity contribution in [1.82, 2.24) is 15.8 Å². The van der Waals surface area contributed by atoms with Crippen molar-refractivity contribution in [3.05, 3.63) is 0 Å². The Morgan fingerprint density at radius 2 is 2.18 bits per heavy atom. The topological polar surface area (TPSA) is 27.3 Å². The lowest BCUT2D eigenvalue weighted by molar-refractivity contribution is 0.174. The molecule has 1 heterocycles.